The first-order valence-corrected chi connectivity index (χ1v) is 14.0. The molecular weight excluding hydrogens is 539 g/mol. The Kier molecular flexibility index (Phi) is 7.99. The first-order valence-electron chi connectivity index (χ1n) is 14.0. The van der Waals surface area contributed by atoms with E-state index in [-0.39, 0.29) is 19.4 Å². The second-order valence-electron chi connectivity index (χ2n) is 11.1. The largest absolute Gasteiger partial charge is 0.481 e. The van der Waals surface area contributed by atoms with Crippen LogP contribution in [0.1, 0.15) is 38.7 Å². The number of carboxylic acids is 1. The molecule has 3 atom stereocenters. The molecule has 4 aromatic carbocycles. The van der Waals surface area contributed by atoms with Gasteiger partial charge in [0.1, 0.15) is 5.82 Å². The SMILES string of the molecule is CC(C)C1(C(=O)Nc2ccccc2)C(=O)N(CCC(O)CC(O)CC(=O)O)c2c1c1ccccc1c1cc(F)ccc21. The molecule has 4 aromatic rings. The number of para-hydroxylation sites is 1. The summed E-state index contributed by atoms with van der Waals surface area (Å²) in [6.45, 7) is 3.62. The van der Waals surface area contributed by atoms with E-state index >= 15 is 0 Å². The van der Waals surface area contributed by atoms with E-state index in [0.29, 0.717) is 38.5 Å². The molecule has 5 rings (SSSR count). The van der Waals surface area contributed by atoms with Crippen LogP contribution in [0.15, 0.2) is 72.8 Å². The molecule has 0 aliphatic carbocycles. The van der Waals surface area contributed by atoms with Gasteiger partial charge in [-0.05, 0) is 65.3 Å². The van der Waals surface area contributed by atoms with Crippen LogP contribution in [0.2, 0.25) is 0 Å². The summed E-state index contributed by atoms with van der Waals surface area (Å²) in [6.07, 6.45) is -3.04. The van der Waals surface area contributed by atoms with Crippen molar-refractivity contribution in [2.24, 2.45) is 5.92 Å². The number of carbonyl (C=O) groups is 3. The zero-order chi connectivity index (χ0) is 30.2. The van der Waals surface area contributed by atoms with E-state index in [1.165, 1.54) is 17.0 Å². The third-order valence-electron chi connectivity index (χ3n) is 8.10. The van der Waals surface area contributed by atoms with Crippen LogP contribution < -0.4 is 10.2 Å². The first-order chi connectivity index (χ1) is 20.0. The average Bonchev–Trinajstić information content (AvgIpc) is 3.21. The number of carboxylic acid groups (broad SMARTS) is 1. The molecule has 0 saturated carbocycles. The molecule has 4 N–H and O–H groups in total. The number of fused-ring (bicyclic) bond motifs is 6. The minimum absolute atomic E-state index is 0.00923. The number of benzene rings is 4. The Morgan fingerprint density at radius 1 is 0.905 bits per heavy atom. The second-order valence-corrected chi connectivity index (χ2v) is 11.1. The molecule has 1 heterocycles. The molecule has 9 heteroatoms. The van der Waals surface area contributed by atoms with Gasteiger partial charge in [-0.3, -0.25) is 14.4 Å². The van der Waals surface area contributed by atoms with E-state index in [2.05, 4.69) is 5.32 Å². The molecule has 0 fully saturated rings. The number of aliphatic hydroxyl groups is 2. The molecule has 1 aliphatic heterocycles. The smallest absolute Gasteiger partial charge is 0.305 e. The van der Waals surface area contributed by atoms with Crippen molar-refractivity contribution in [3.63, 3.8) is 0 Å². The lowest BCUT2D eigenvalue weighted by molar-refractivity contribution is -0.139. The van der Waals surface area contributed by atoms with Crippen LogP contribution in [0, 0.1) is 11.7 Å². The topological polar surface area (TPSA) is 127 Å². The van der Waals surface area contributed by atoms with Crippen molar-refractivity contribution in [1.82, 2.24) is 0 Å². The normalized spacial score (nSPS) is 18.0. The van der Waals surface area contributed by atoms with Gasteiger partial charge in [0.15, 0.2) is 5.41 Å². The molecular formula is C33H33FN2O6. The highest BCUT2D eigenvalue weighted by atomic mass is 19.1. The van der Waals surface area contributed by atoms with Crippen LogP contribution in [0.25, 0.3) is 21.5 Å². The van der Waals surface area contributed by atoms with E-state index in [0.717, 1.165) is 0 Å². The van der Waals surface area contributed by atoms with Crippen LogP contribution in [0.4, 0.5) is 15.8 Å². The van der Waals surface area contributed by atoms with Gasteiger partial charge in [-0.2, -0.15) is 0 Å². The van der Waals surface area contributed by atoms with Gasteiger partial charge in [-0.15, -0.1) is 0 Å². The monoisotopic (exact) mass is 572 g/mol. The highest BCUT2D eigenvalue weighted by molar-refractivity contribution is 6.32. The second kappa shape index (κ2) is 11.5. The maximum atomic E-state index is 14.7. The molecule has 42 heavy (non-hydrogen) atoms. The Morgan fingerprint density at radius 2 is 1.57 bits per heavy atom. The average molecular weight is 573 g/mol. The van der Waals surface area contributed by atoms with Gasteiger partial charge in [-0.1, -0.05) is 56.3 Å². The van der Waals surface area contributed by atoms with Gasteiger partial charge in [0, 0.05) is 23.2 Å². The fraction of sp³-hybridized carbons (Fsp3) is 0.303. The van der Waals surface area contributed by atoms with E-state index in [1.807, 2.05) is 44.2 Å². The molecule has 8 nitrogen and oxygen atoms in total. The van der Waals surface area contributed by atoms with Crippen molar-refractivity contribution < 1.29 is 34.1 Å². The van der Waals surface area contributed by atoms with Crippen molar-refractivity contribution in [2.75, 3.05) is 16.8 Å². The fourth-order valence-electron chi connectivity index (χ4n) is 6.21. The van der Waals surface area contributed by atoms with Crippen LogP contribution >= 0.6 is 0 Å². The molecule has 1 aliphatic rings. The summed E-state index contributed by atoms with van der Waals surface area (Å²) in [4.78, 5) is 41.5. The highest BCUT2D eigenvalue weighted by Crippen LogP contribution is 2.54. The van der Waals surface area contributed by atoms with Gasteiger partial charge in [0.25, 0.3) is 0 Å². The van der Waals surface area contributed by atoms with Crippen LogP contribution in [0.3, 0.4) is 0 Å². The summed E-state index contributed by atoms with van der Waals surface area (Å²) in [5.41, 5.74) is -0.124. The van der Waals surface area contributed by atoms with Gasteiger partial charge < -0.3 is 25.5 Å². The van der Waals surface area contributed by atoms with Crippen LogP contribution in [-0.4, -0.2) is 51.9 Å². The summed E-state index contributed by atoms with van der Waals surface area (Å²) in [5, 5.41) is 35.1. The minimum Gasteiger partial charge on any atom is -0.481 e. The van der Waals surface area contributed by atoms with Gasteiger partial charge in [0.05, 0.1) is 24.3 Å². The summed E-state index contributed by atoms with van der Waals surface area (Å²) >= 11 is 0. The lowest BCUT2D eigenvalue weighted by Crippen LogP contribution is -2.52. The molecule has 218 valence electrons. The number of carbonyl (C=O) groups excluding carboxylic acids is 2. The third-order valence-corrected chi connectivity index (χ3v) is 8.10. The molecule has 2 amide bonds. The zero-order valence-electron chi connectivity index (χ0n) is 23.4. The van der Waals surface area contributed by atoms with Gasteiger partial charge in [-0.25, -0.2) is 4.39 Å². The number of anilines is 2. The third kappa shape index (κ3) is 4.99. The number of amides is 2. The lowest BCUT2D eigenvalue weighted by Gasteiger charge is -2.32. The quantitative estimate of drug-likeness (QED) is 0.157. The van der Waals surface area contributed by atoms with Crippen molar-refractivity contribution in [3.8, 4) is 0 Å². The Balaban J connectivity index is 1.69. The fourth-order valence-corrected chi connectivity index (χ4v) is 6.21. The molecule has 0 saturated heterocycles. The Hall–Kier alpha value is -4.34. The Bertz CT molecular complexity index is 1670. The van der Waals surface area contributed by atoms with Crippen molar-refractivity contribution in [1.29, 1.82) is 0 Å². The molecule has 0 aromatic heterocycles. The number of nitrogens with one attached hydrogen (secondary N) is 1. The Labute approximate surface area is 242 Å². The molecule has 0 radical (unpaired) electrons. The van der Waals surface area contributed by atoms with E-state index < -0.39 is 53.6 Å². The lowest BCUT2D eigenvalue weighted by atomic mass is 9.69. The molecule has 0 bridgehead atoms. The standard InChI is InChI=1S/C33H33FN2O6/c1-19(2)33(31(41)35-21-8-4-3-5-9-21)29-25-11-7-6-10-24(25)27-16-20(34)12-13-26(27)30(29)36(32(33)42)15-14-22(37)17-23(38)18-28(39)40/h3-13,16,19,22-23,37-38H,14-15,17-18H2,1-2H3,(H,35,41)(H,39,40). The minimum atomic E-state index is -1.65. The van der Waals surface area contributed by atoms with Crippen molar-refractivity contribution in [2.45, 2.75) is 50.7 Å². The summed E-state index contributed by atoms with van der Waals surface area (Å²) in [7, 11) is 0. The maximum Gasteiger partial charge on any atom is 0.305 e. The number of hydrogen-bond acceptors (Lipinski definition) is 5. The number of aliphatic carboxylic acids is 1. The summed E-state index contributed by atoms with van der Waals surface area (Å²) in [5.74, 6) is -3.10. The predicted octanol–water partition coefficient (Wildman–Crippen LogP) is 4.99. The highest BCUT2D eigenvalue weighted by Gasteiger charge is 2.59. The molecule has 3 unspecified atom stereocenters. The van der Waals surface area contributed by atoms with Gasteiger partial charge >= 0.3 is 5.97 Å². The number of aliphatic hydroxyl groups excluding tert-OH is 2. The van der Waals surface area contributed by atoms with Crippen LogP contribution in [-0.2, 0) is 19.8 Å². The number of rotatable bonds is 10. The number of hydrogen-bond donors (Lipinski definition) is 4. The van der Waals surface area contributed by atoms with E-state index in [9.17, 15) is 29.0 Å². The van der Waals surface area contributed by atoms with E-state index in [1.54, 1.807) is 30.3 Å². The van der Waals surface area contributed by atoms with Gasteiger partial charge in [0.2, 0.25) is 11.8 Å². The summed E-state index contributed by atoms with van der Waals surface area (Å²) in [6, 6.07) is 20.5. The maximum absolute atomic E-state index is 14.7. The Morgan fingerprint density at radius 3 is 2.24 bits per heavy atom. The van der Waals surface area contributed by atoms with Crippen LogP contribution in [0.5, 0.6) is 0 Å². The number of halogens is 1. The van der Waals surface area contributed by atoms with Crippen molar-refractivity contribution in [3.05, 3.63) is 84.2 Å². The first kappa shape index (κ1) is 29.2. The predicted molar refractivity (Wildman–Crippen MR) is 159 cm³/mol. The zero-order valence-corrected chi connectivity index (χ0v) is 23.4. The molecule has 0 spiro atoms. The summed E-state index contributed by atoms with van der Waals surface area (Å²) < 4.78 is 14.6. The van der Waals surface area contributed by atoms with E-state index in [4.69, 9.17) is 5.11 Å². The van der Waals surface area contributed by atoms with Crippen molar-refractivity contribution >= 4 is 50.7 Å². The number of nitrogens with zero attached hydrogens (tertiary/aromatic N) is 1.